The van der Waals surface area contributed by atoms with Crippen molar-refractivity contribution in [2.45, 2.75) is 27.2 Å². The van der Waals surface area contributed by atoms with E-state index in [0.717, 1.165) is 0 Å². The number of hydrogen-bond acceptors (Lipinski definition) is 3. The topological polar surface area (TPSA) is 86.6 Å². The van der Waals surface area contributed by atoms with E-state index in [0.29, 0.717) is 11.4 Å². The number of carbonyl (C=O) groups is 2. The number of halogens is 1. The van der Waals surface area contributed by atoms with Crippen molar-refractivity contribution in [3.8, 4) is 5.75 Å². The van der Waals surface area contributed by atoms with Crippen LogP contribution in [0.5, 0.6) is 5.75 Å². The van der Waals surface area contributed by atoms with Gasteiger partial charge in [-0.25, -0.2) is 0 Å². The Morgan fingerprint density at radius 3 is 2.43 bits per heavy atom. The molecule has 0 saturated heterocycles. The van der Waals surface area contributed by atoms with Crippen molar-refractivity contribution in [1.29, 1.82) is 0 Å². The third kappa shape index (κ3) is 5.63. The van der Waals surface area contributed by atoms with Gasteiger partial charge in [0.05, 0.1) is 11.5 Å². The zero-order valence-corrected chi connectivity index (χ0v) is 13.1. The van der Waals surface area contributed by atoms with E-state index >= 15 is 0 Å². The van der Waals surface area contributed by atoms with Gasteiger partial charge in [0.1, 0.15) is 5.75 Å². The number of phenols is 1. The van der Waals surface area contributed by atoms with Crippen LogP contribution in [0.2, 0.25) is 5.02 Å². The van der Waals surface area contributed by atoms with Crippen LogP contribution < -0.4 is 5.32 Å². The van der Waals surface area contributed by atoms with Gasteiger partial charge >= 0.3 is 5.97 Å². The van der Waals surface area contributed by atoms with Crippen LogP contribution >= 0.6 is 11.6 Å². The lowest BCUT2D eigenvalue weighted by molar-refractivity contribution is -0.142. The van der Waals surface area contributed by atoms with Gasteiger partial charge in [0.25, 0.3) is 5.91 Å². The summed E-state index contributed by atoms with van der Waals surface area (Å²) in [5.41, 5.74) is -0.0878. The van der Waals surface area contributed by atoms with Crippen molar-refractivity contribution in [2.24, 2.45) is 11.3 Å². The summed E-state index contributed by atoms with van der Waals surface area (Å²) in [5.74, 6) is -2.39. The molecule has 0 bridgehead atoms. The molecule has 5 nitrogen and oxygen atoms in total. The number of carbonyl (C=O) groups excluding carboxylic acids is 1. The number of aliphatic carboxylic acids is 1. The van der Waals surface area contributed by atoms with Crippen LogP contribution in [0.15, 0.2) is 18.2 Å². The average Bonchev–Trinajstić information content (AvgIpc) is 2.32. The summed E-state index contributed by atoms with van der Waals surface area (Å²) in [7, 11) is 0. The quantitative estimate of drug-likeness (QED) is 0.780. The molecule has 0 spiro atoms. The molecule has 3 N–H and O–H groups in total. The van der Waals surface area contributed by atoms with Gasteiger partial charge < -0.3 is 15.5 Å². The summed E-state index contributed by atoms with van der Waals surface area (Å²) < 4.78 is 0. The molecule has 1 rings (SSSR count). The summed E-state index contributed by atoms with van der Waals surface area (Å²) in [4.78, 5) is 23.2. The molecule has 1 unspecified atom stereocenters. The van der Waals surface area contributed by atoms with Crippen LogP contribution in [0.1, 0.15) is 37.6 Å². The number of carboxylic acids is 1. The standard InChI is InChI=1S/C15H20ClNO4/c1-15(2,3)7-9(14(20)21)8-17-13(19)11-5-4-10(16)6-12(11)18/h4-6,9,18H,7-8H2,1-3H3,(H,17,19)(H,20,21). The molecule has 1 atom stereocenters. The van der Waals surface area contributed by atoms with Gasteiger partial charge in [-0.2, -0.15) is 0 Å². The molecule has 0 aliphatic rings. The van der Waals surface area contributed by atoms with Gasteiger partial charge in [-0.05, 0) is 30.0 Å². The second kappa shape index (κ2) is 6.80. The van der Waals surface area contributed by atoms with Crippen molar-refractivity contribution >= 4 is 23.5 Å². The maximum Gasteiger partial charge on any atom is 0.308 e. The molecule has 0 radical (unpaired) electrons. The Hall–Kier alpha value is -1.75. The lowest BCUT2D eigenvalue weighted by Gasteiger charge is -2.23. The smallest absolute Gasteiger partial charge is 0.308 e. The van der Waals surface area contributed by atoms with Crippen LogP contribution in [0.4, 0.5) is 0 Å². The number of rotatable bonds is 5. The predicted octanol–water partition coefficient (Wildman–Crippen LogP) is 2.91. The molecule has 6 heteroatoms. The second-order valence-corrected chi connectivity index (χ2v) is 6.61. The van der Waals surface area contributed by atoms with E-state index in [1.165, 1.54) is 18.2 Å². The van der Waals surface area contributed by atoms with Crippen LogP contribution in [0.25, 0.3) is 0 Å². The molecule has 0 aliphatic heterocycles. The normalized spacial score (nSPS) is 12.8. The maximum absolute atomic E-state index is 12.0. The zero-order valence-electron chi connectivity index (χ0n) is 12.3. The van der Waals surface area contributed by atoms with Crippen molar-refractivity contribution < 1.29 is 19.8 Å². The molecule has 0 aromatic heterocycles. The van der Waals surface area contributed by atoms with Crippen LogP contribution in [0.3, 0.4) is 0 Å². The predicted molar refractivity (Wildman–Crippen MR) is 80.6 cm³/mol. The van der Waals surface area contributed by atoms with Crippen molar-refractivity contribution in [3.05, 3.63) is 28.8 Å². The van der Waals surface area contributed by atoms with E-state index in [-0.39, 0.29) is 23.3 Å². The molecule has 21 heavy (non-hydrogen) atoms. The first-order chi connectivity index (χ1) is 9.60. The molecular weight excluding hydrogens is 294 g/mol. The fourth-order valence-electron chi connectivity index (χ4n) is 1.99. The van der Waals surface area contributed by atoms with Gasteiger partial charge in [0, 0.05) is 11.6 Å². The Bertz CT molecular complexity index is 537. The van der Waals surface area contributed by atoms with Crippen molar-refractivity contribution in [2.75, 3.05) is 6.54 Å². The fourth-order valence-corrected chi connectivity index (χ4v) is 2.16. The third-order valence-electron chi connectivity index (χ3n) is 2.92. The van der Waals surface area contributed by atoms with Gasteiger partial charge in [-0.15, -0.1) is 0 Å². The summed E-state index contributed by atoms with van der Waals surface area (Å²) in [6.07, 6.45) is 0.440. The van der Waals surface area contributed by atoms with E-state index in [9.17, 15) is 19.8 Å². The van der Waals surface area contributed by atoms with Crippen LogP contribution in [-0.4, -0.2) is 28.6 Å². The molecule has 0 heterocycles. The van der Waals surface area contributed by atoms with Crippen LogP contribution in [-0.2, 0) is 4.79 Å². The molecule has 1 aromatic rings. The molecule has 0 saturated carbocycles. The Morgan fingerprint density at radius 1 is 1.33 bits per heavy atom. The number of nitrogens with one attached hydrogen (secondary N) is 1. The minimum Gasteiger partial charge on any atom is -0.507 e. The number of hydrogen-bond donors (Lipinski definition) is 3. The Morgan fingerprint density at radius 2 is 1.95 bits per heavy atom. The van der Waals surface area contributed by atoms with Gasteiger partial charge in [-0.3, -0.25) is 9.59 Å². The zero-order chi connectivity index (χ0) is 16.2. The first kappa shape index (κ1) is 17.3. The van der Waals surface area contributed by atoms with Crippen molar-refractivity contribution in [3.63, 3.8) is 0 Å². The van der Waals surface area contributed by atoms with E-state index in [4.69, 9.17) is 11.6 Å². The number of aromatic hydroxyl groups is 1. The van der Waals surface area contributed by atoms with E-state index in [2.05, 4.69) is 5.32 Å². The molecule has 116 valence electrons. The summed E-state index contributed by atoms with van der Waals surface area (Å²) in [6.45, 7) is 5.83. The van der Waals surface area contributed by atoms with E-state index in [1.54, 1.807) is 0 Å². The minimum atomic E-state index is -0.953. The molecule has 0 fully saturated rings. The number of carboxylic acid groups (broad SMARTS) is 1. The highest BCUT2D eigenvalue weighted by molar-refractivity contribution is 6.30. The fraction of sp³-hybridized carbons (Fsp3) is 0.467. The molecule has 1 amide bonds. The van der Waals surface area contributed by atoms with E-state index < -0.39 is 17.8 Å². The number of benzene rings is 1. The second-order valence-electron chi connectivity index (χ2n) is 6.17. The third-order valence-corrected chi connectivity index (χ3v) is 3.16. The summed E-state index contributed by atoms with van der Waals surface area (Å²) in [6, 6.07) is 4.15. The molecule has 1 aromatic carbocycles. The maximum atomic E-state index is 12.0. The number of phenolic OH excluding ortho intramolecular Hbond substituents is 1. The highest BCUT2D eigenvalue weighted by atomic mass is 35.5. The average molecular weight is 314 g/mol. The Balaban J connectivity index is 2.71. The van der Waals surface area contributed by atoms with Gasteiger partial charge in [-0.1, -0.05) is 32.4 Å². The molecule has 0 aliphatic carbocycles. The van der Waals surface area contributed by atoms with Crippen LogP contribution in [0, 0.1) is 11.3 Å². The Kier molecular flexibility index (Phi) is 5.61. The first-order valence-electron chi connectivity index (χ1n) is 6.59. The van der Waals surface area contributed by atoms with Crippen molar-refractivity contribution in [1.82, 2.24) is 5.32 Å². The highest BCUT2D eigenvalue weighted by Gasteiger charge is 2.25. The summed E-state index contributed by atoms with van der Waals surface area (Å²) >= 11 is 5.69. The SMILES string of the molecule is CC(C)(C)CC(CNC(=O)c1ccc(Cl)cc1O)C(=O)O. The summed E-state index contributed by atoms with van der Waals surface area (Å²) in [5, 5.41) is 21.7. The van der Waals surface area contributed by atoms with E-state index in [1.807, 2.05) is 20.8 Å². The first-order valence-corrected chi connectivity index (χ1v) is 6.97. The highest BCUT2D eigenvalue weighted by Crippen LogP contribution is 2.25. The number of amides is 1. The largest absolute Gasteiger partial charge is 0.507 e. The minimum absolute atomic E-state index is 0.00744. The lowest BCUT2D eigenvalue weighted by atomic mass is 9.84. The Labute approximate surface area is 128 Å². The molecular formula is C15H20ClNO4. The van der Waals surface area contributed by atoms with Gasteiger partial charge in [0.15, 0.2) is 0 Å². The monoisotopic (exact) mass is 313 g/mol. The van der Waals surface area contributed by atoms with Gasteiger partial charge in [0.2, 0.25) is 0 Å². The lowest BCUT2D eigenvalue weighted by Crippen LogP contribution is -2.35.